The van der Waals surface area contributed by atoms with E-state index in [1.165, 1.54) is 7.11 Å². The number of rotatable bonds is 12. The zero-order chi connectivity index (χ0) is 15.4. The number of hydrogen-bond donors (Lipinski definition) is 1. The van der Waals surface area contributed by atoms with Gasteiger partial charge in [-0.25, -0.2) is 4.79 Å². The average molecular weight is 291 g/mol. The average Bonchev–Trinajstić information content (AvgIpc) is 2.40. The van der Waals surface area contributed by atoms with Crippen LogP contribution in [0.25, 0.3) is 0 Å². The van der Waals surface area contributed by atoms with E-state index in [1.807, 2.05) is 13.8 Å². The molecule has 0 bridgehead atoms. The molecule has 0 rings (SSSR count). The molecule has 0 spiro atoms. The Hall–Kier alpha value is -0.690. The number of ether oxygens (including phenoxy) is 4. The molecule has 0 aromatic heterocycles. The molecule has 1 atom stereocenters. The van der Waals surface area contributed by atoms with E-state index in [1.54, 1.807) is 14.0 Å². The molecule has 120 valence electrons. The fourth-order valence-corrected chi connectivity index (χ4v) is 1.82. The second-order valence-corrected chi connectivity index (χ2v) is 5.13. The van der Waals surface area contributed by atoms with E-state index in [2.05, 4.69) is 5.32 Å². The fraction of sp³-hybridized carbons (Fsp3) is 0.929. The Morgan fingerprint density at radius 2 is 1.75 bits per heavy atom. The minimum absolute atomic E-state index is 0.160. The van der Waals surface area contributed by atoms with E-state index in [0.29, 0.717) is 26.4 Å². The first-order valence-corrected chi connectivity index (χ1v) is 6.97. The third-order valence-electron chi connectivity index (χ3n) is 2.64. The third kappa shape index (κ3) is 8.47. The van der Waals surface area contributed by atoms with Crippen molar-refractivity contribution in [2.45, 2.75) is 38.8 Å². The second kappa shape index (κ2) is 11.0. The number of nitrogens with one attached hydrogen (secondary N) is 1. The van der Waals surface area contributed by atoms with Crippen LogP contribution in [0.4, 0.5) is 0 Å². The van der Waals surface area contributed by atoms with Crippen LogP contribution < -0.4 is 5.32 Å². The van der Waals surface area contributed by atoms with E-state index in [-0.39, 0.29) is 18.6 Å². The third-order valence-corrected chi connectivity index (χ3v) is 2.64. The number of carbonyl (C=O) groups excluding carboxylic acids is 1. The standard InChI is InChI=1S/C14H29NO5/c1-12(2)15-14(3,13(16)18-5)11-20-10-9-19-8-6-7-17-4/h12,15H,6-11H2,1-5H3. The van der Waals surface area contributed by atoms with Crippen molar-refractivity contribution in [1.29, 1.82) is 0 Å². The Bertz CT molecular complexity index is 260. The summed E-state index contributed by atoms with van der Waals surface area (Å²) in [5.74, 6) is -0.327. The number of hydrogen-bond acceptors (Lipinski definition) is 6. The predicted octanol–water partition coefficient (Wildman–Crippen LogP) is 0.986. The molecule has 0 amide bonds. The van der Waals surface area contributed by atoms with Gasteiger partial charge in [-0.3, -0.25) is 5.32 Å². The van der Waals surface area contributed by atoms with Gasteiger partial charge < -0.3 is 18.9 Å². The van der Waals surface area contributed by atoms with Crippen LogP contribution in [0.15, 0.2) is 0 Å². The highest BCUT2D eigenvalue weighted by atomic mass is 16.5. The molecule has 0 aliphatic rings. The molecule has 0 aliphatic heterocycles. The lowest BCUT2D eigenvalue weighted by Gasteiger charge is -2.29. The molecule has 0 aromatic carbocycles. The van der Waals surface area contributed by atoms with Gasteiger partial charge in [-0.2, -0.15) is 0 Å². The fourth-order valence-electron chi connectivity index (χ4n) is 1.82. The van der Waals surface area contributed by atoms with Gasteiger partial charge in [0.1, 0.15) is 5.54 Å². The van der Waals surface area contributed by atoms with Crippen molar-refractivity contribution in [3.63, 3.8) is 0 Å². The van der Waals surface area contributed by atoms with Gasteiger partial charge in [0.25, 0.3) is 0 Å². The Balaban J connectivity index is 3.88. The summed E-state index contributed by atoms with van der Waals surface area (Å²) in [5.41, 5.74) is -0.834. The number of carbonyl (C=O) groups is 1. The van der Waals surface area contributed by atoms with Crippen LogP contribution in [0.5, 0.6) is 0 Å². The van der Waals surface area contributed by atoms with Gasteiger partial charge in [0, 0.05) is 26.4 Å². The van der Waals surface area contributed by atoms with E-state index in [4.69, 9.17) is 18.9 Å². The van der Waals surface area contributed by atoms with Crippen LogP contribution in [0, 0.1) is 0 Å². The number of esters is 1. The molecule has 0 aromatic rings. The molecular formula is C14H29NO5. The van der Waals surface area contributed by atoms with Gasteiger partial charge in [0.05, 0.1) is 26.9 Å². The van der Waals surface area contributed by atoms with Crippen molar-refractivity contribution in [2.75, 3.05) is 47.3 Å². The maximum Gasteiger partial charge on any atom is 0.328 e. The summed E-state index contributed by atoms with van der Waals surface area (Å²) in [7, 11) is 3.04. The number of methoxy groups -OCH3 is 2. The maximum absolute atomic E-state index is 11.8. The first-order valence-electron chi connectivity index (χ1n) is 6.97. The molecule has 6 heteroatoms. The first kappa shape index (κ1) is 19.3. The van der Waals surface area contributed by atoms with Crippen molar-refractivity contribution < 1.29 is 23.7 Å². The SMILES string of the molecule is COCCCOCCOCC(C)(NC(C)C)C(=O)OC. The van der Waals surface area contributed by atoms with E-state index >= 15 is 0 Å². The largest absolute Gasteiger partial charge is 0.468 e. The van der Waals surface area contributed by atoms with Gasteiger partial charge in [0.2, 0.25) is 0 Å². The molecule has 0 fully saturated rings. The minimum Gasteiger partial charge on any atom is -0.468 e. The highest BCUT2D eigenvalue weighted by molar-refractivity contribution is 5.80. The topological polar surface area (TPSA) is 66.0 Å². The molecule has 0 radical (unpaired) electrons. The molecule has 1 N–H and O–H groups in total. The van der Waals surface area contributed by atoms with Crippen LogP contribution in [0.2, 0.25) is 0 Å². The van der Waals surface area contributed by atoms with Crippen molar-refractivity contribution >= 4 is 5.97 Å². The Morgan fingerprint density at radius 1 is 1.10 bits per heavy atom. The molecule has 0 saturated carbocycles. The highest BCUT2D eigenvalue weighted by Crippen LogP contribution is 2.09. The lowest BCUT2D eigenvalue weighted by atomic mass is 10.0. The quantitative estimate of drug-likeness (QED) is 0.427. The van der Waals surface area contributed by atoms with Crippen LogP contribution in [-0.2, 0) is 23.7 Å². The summed E-state index contributed by atoms with van der Waals surface area (Å²) in [6.07, 6.45) is 0.866. The molecule has 0 saturated heterocycles. The Kier molecular flexibility index (Phi) is 10.6. The van der Waals surface area contributed by atoms with Gasteiger partial charge in [0.15, 0.2) is 0 Å². The molecule has 20 heavy (non-hydrogen) atoms. The lowest BCUT2D eigenvalue weighted by Crippen LogP contribution is -2.56. The van der Waals surface area contributed by atoms with Gasteiger partial charge in [-0.15, -0.1) is 0 Å². The van der Waals surface area contributed by atoms with E-state index in [9.17, 15) is 4.79 Å². The van der Waals surface area contributed by atoms with Crippen molar-refractivity contribution in [3.8, 4) is 0 Å². The molecular weight excluding hydrogens is 262 g/mol. The summed E-state index contributed by atoms with van der Waals surface area (Å²) >= 11 is 0. The second-order valence-electron chi connectivity index (χ2n) is 5.13. The van der Waals surface area contributed by atoms with Crippen LogP contribution in [0.3, 0.4) is 0 Å². The summed E-state index contributed by atoms with van der Waals surface area (Å²) in [6, 6.07) is 0.160. The van der Waals surface area contributed by atoms with Crippen molar-refractivity contribution in [3.05, 3.63) is 0 Å². The summed E-state index contributed by atoms with van der Waals surface area (Å²) in [5, 5.41) is 3.17. The van der Waals surface area contributed by atoms with Crippen molar-refractivity contribution in [1.82, 2.24) is 5.32 Å². The molecule has 1 unspecified atom stereocenters. The highest BCUT2D eigenvalue weighted by Gasteiger charge is 2.35. The lowest BCUT2D eigenvalue weighted by molar-refractivity contribution is -0.151. The minimum atomic E-state index is -0.834. The summed E-state index contributed by atoms with van der Waals surface area (Å²) < 4.78 is 20.6. The monoisotopic (exact) mass is 291 g/mol. The predicted molar refractivity (Wildman–Crippen MR) is 76.8 cm³/mol. The van der Waals surface area contributed by atoms with Gasteiger partial charge in [-0.05, 0) is 27.2 Å². The van der Waals surface area contributed by atoms with Gasteiger partial charge >= 0.3 is 5.97 Å². The smallest absolute Gasteiger partial charge is 0.328 e. The van der Waals surface area contributed by atoms with Crippen LogP contribution in [-0.4, -0.2) is 64.8 Å². The summed E-state index contributed by atoms with van der Waals surface area (Å²) in [6.45, 7) is 8.26. The van der Waals surface area contributed by atoms with Gasteiger partial charge in [-0.1, -0.05) is 0 Å². The Labute approximate surface area is 122 Å². The maximum atomic E-state index is 11.8. The summed E-state index contributed by atoms with van der Waals surface area (Å²) in [4.78, 5) is 11.8. The van der Waals surface area contributed by atoms with E-state index < -0.39 is 5.54 Å². The normalized spacial score (nSPS) is 14.3. The van der Waals surface area contributed by atoms with E-state index in [0.717, 1.165) is 6.42 Å². The zero-order valence-electron chi connectivity index (χ0n) is 13.4. The molecule has 0 heterocycles. The molecule has 0 aliphatic carbocycles. The van der Waals surface area contributed by atoms with Crippen molar-refractivity contribution in [2.24, 2.45) is 0 Å². The zero-order valence-corrected chi connectivity index (χ0v) is 13.4. The van der Waals surface area contributed by atoms with Crippen LogP contribution in [0.1, 0.15) is 27.2 Å². The Morgan fingerprint density at radius 3 is 2.30 bits per heavy atom. The molecule has 6 nitrogen and oxygen atoms in total. The van der Waals surface area contributed by atoms with Crippen LogP contribution >= 0.6 is 0 Å². The first-order chi connectivity index (χ1) is 9.46.